The Hall–Kier alpha value is 0.440. The first-order chi connectivity index (χ1) is 9.22. The zero-order valence-electron chi connectivity index (χ0n) is 13.1. The van der Waals surface area contributed by atoms with Crippen LogP contribution in [0.15, 0.2) is 0 Å². The van der Waals surface area contributed by atoms with Crippen LogP contribution in [-0.4, -0.2) is 18.0 Å². The van der Waals surface area contributed by atoms with Gasteiger partial charge in [-0.05, 0) is 26.2 Å². The van der Waals surface area contributed by atoms with Crippen molar-refractivity contribution < 1.29 is 4.74 Å². The van der Waals surface area contributed by atoms with Crippen molar-refractivity contribution in [1.82, 2.24) is 0 Å². The van der Waals surface area contributed by atoms with Gasteiger partial charge in [0.15, 0.2) is 0 Å². The topological polar surface area (TPSA) is 9.23 Å². The van der Waals surface area contributed by atoms with Gasteiger partial charge in [-0.15, -0.1) is 0 Å². The lowest BCUT2D eigenvalue weighted by Gasteiger charge is -2.32. The van der Waals surface area contributed by atoms with Gasteiger partial charge in [0.05, 0.1) is 12.7 Å². The van der Waals surface area contributed by atoms with E-state index < -0.39 is 0 Å². The third-order valence-corrected chi connectivity index (χ3v) is 5.78. The third kappa shape index (κ3) is 7.13. The summed E-state index contributed by atoms with van der Waals surface area (Å²) in [7, 11) is 0. The fraction of sp³-hybridized carbons (Fsp3) is 1.00. The van der Waals surface area contributed by atoms with E-state index in [1.54, 1.807) is 0 Å². The van der Waals surface area contributed by atoms with Gasteiger partial charge < -0.3 is 4.74 Å². The van der Waals surface area contributed by atoms with E-state index in [1.165, 1.54) is 70.6 Å². The smallest absolute Gasteiger partial charge is 0.0547 e. The first-order valence-corrected chi connectivity index (χ1v) is 9.52. The molecular weight excluding hydrogens is 300 g/mol. The highest BCUT2D eigenvalue weighted by atomic mass is 79.9. The van der Waals surface area contributed by atoms with Crippen molar-refractivity contribution in [3.05, 3.63) is 0 Å². The normalized spacial score (nSPS) is 21.0. The Morgan fingerprint density at radius 1 is 1.05 bits per heavy atom. The largest absolute Gasteiger partial charge is 0.378 e. The van der Waals surface area contributed by atoms with Crippen LogP contribution in [0.1, 0.15) is 84.5 Å². The molecule has 0 spiro atoms. The Kier molecular flexibility index (Phi) is 9.40. The van der Waals surface area contributed by atoms with Crippen molar-refractivity contribution in [3.8, 4) is 0 Å². The van der Waals surface area contributed by atoms with E-state index in [0.717, 1.165) is 11.9 Å². The molecule has 0 radical (unpaired) electrons. The minimum absolute atomic E-state index is 0.425. The fourth-order valence-electron chi connectivity index (χ4n) is 3.06. The van der Waals surface area contributed by atoms with Crippen LogP contribution in [0, 0.1) is 5.41 Å². The van der Waals surface area contributed by atoms with Crippen molar-refractivity contribution in [2.24, 2.45) is 5.41 Å². The van der Waals surface area contributed by atoms with Gasteiger partial charge in [-0.3, -0.25) is 0 Å². The third-order valence-electron chi connectivity index (χ3n) is 4.59. The zero-order valence-corrected chi connectivity index (χ0v) is 14.6. The molecule has 0 bridgehead atoms. The molecule has 1 atom stereocenters. The Bertz CT molecular complexity index is 209. The Morgan fingerprint density at radius 2 is 1.74 bits per heavy atom. The first kappa shape index (κ1) is 17.5. The van der Waals surface area contributed by atoms with Gasteiger partial charge in [0.25, 0.3) is 0 Å². The highest BCUT2D eigenvalue weighted by Crippen LogP contribution is 2.37. The molecule has 1 aliphatic carbocycles. The highest BCUT2D eigenvalue weighted by molar-refractivity contribution is 9.09. The van der Waals surface area contributed by atoms with Gasteiger partial charge in [0.1, 0.15) is 0 Å². The van der Waals surface area contributed by atoms with Gasteiger partial charge >= 0.3 is 0 Å². The number of hydrogen-bond donors (Lipinski definition) is 0. The number of alkyl halides is 1. The summed E-state index contributed by atoms with van der Waals surface area (Å²) < 4.78 is 6.18. The standard InChI is InChI=1S/C17H33BrO/c1-3-4-5-8-11-16(2)19-15-17(14-18)12-9-6-7-10-13-17/h16H,3-15H2,1-2H3. The molecule has 0 aromatic heterocycles. The van der Waals surface area contributed by atoms with E-state index in [0.29, 0.717) is 11.5 Å². The SMILES string of the molecule is CCCCCCC(C)OCC1(CBr)CCCCCC1. The number of rotatable bonds is 9. The predicted octanol–water partition coefficient (Wildman–Crippen LogP) is 6.10. The lowest BCUT2D eigenvalue weighted by Crippen LogP contribution is -2.30. The van der Waals surface area contributed by atoms with E-state index in [-0.39, 0.29) is 0 Å². The second-order valence-electron chi connectivity index (χ2n) is 6.52. The van der Waals surface area contributed by atoms with E-state index >= 15 is 0 Å². The van der Waals surface area contributed by atoms with Crippen molar-refractivity contribution >= 4 is 15.9 Å². The lowest BCUT2D eigenvalue weighted by molar-refractivity contribution is -0.00275. The van der Waals surface area contributed by atoms with Gasteiger partial charge in [0.2, 0.25) is 0 Å². The number of hydrogen-bond acceptors (Lipinski definition) is 1. The molecule has 0 amide bonds. The molecule has 0 saturated heterocycles. The highest BCUT2D eigenvalue weighted by Gasteiger charge is 2.30. The summed E-state index contributed by atoms with van der Waals surface area (Å²) in [5, 5.41) is 1.11. The molecule has 0 aromatic carbocycles. The molecule has 0 heterocycles. The summed E-state index contributed by atoms with van der Waals surface area (Å²) in [6.45, 7) is 5.49. The fourth-order valence-corrected chi connectivity index (χ4v) is 3.78. The molecular formula is C17H33BrO. The Morgan fingerprint density at radius 3 is 2.32 bits per heavy atom. The monoisotopic (exact) mass is 332 g/mol. The number of halogens is 1. The van der Waals surface area contributed by atoms with E-state index in [1.807, 2.05) is 0 Å². The van der Waals surface area contributed by atoms with Crippen LogP contribution in [0.5, 0.6) is 0 Å². The van der Waals surface area contributed by atoms with Crippen molar-refractivity contribution in [2.45, 2.75) is 90.6 Å². The molecule has 19 heavy (non-hydrogen) atoms. The summed E-state index contributed by atoms with van der Waals surface area (Å²) in [5.74, 6) is 0. The van der Waals surface area contributed by atoms with Crippen LogP contribution in [-0.2, 0) is 4.74 Å². The van der Waals surface area contributed by atoms with Crippen LogP contribution in [0.3, 0.4) is 0 Å². The second-order valence-corrected chi connectivity index (χ2v) is 7.08. The molecule has 1 rings (SSSR count). The van der Waals surface area contributed by atoms with Crippen LogP contribution >= 0.6 is 15.9 Å². The van der Waals surface area contributed by atoms with Crippen LogP contribution in [0.2, 0.25) is 0 Å². The molecule has 0 aromatic rings. The summed E-state index contributed by atoms with van der Waals surface area (Å²) >= 11 is 3.75. The Labute approximate surface area is 129 Å². The molecule has 0 aliphatic heterocycles. The van der Waals surface area contributed by atoms with Crippen LogP contribution < -0.4 is 0 Å². The zero-order chi connectivity index (χ0) is 14.0. The summed E-state index contributed by atoms with van der Waals surface area (Å²) in [6.07, 6.45) is 15.4. The Balaban J connectivity index is 2.23. The quantitative estimate of drug-likeness (QED) is 0.281. The predicted molar refractivity (Wildman–Crippen MR) is 88.1 cm³/mol. The van der Waals surface area contributed by atoms with E-state index in [2.05, 4.69) is 29.8 Å². The number of ether oxygens (including phenoxy) is 1. The molecule has 1 nitrogen and oxygen atoms in total. The van der Waals surface area contributed by atoms with Gasteiger partial charge in [-0.1, -0.05) is 74.2 Å². The lowest BCUT2D eigenvalue weighted by atomic mass is 9.83. The second kappa shape index (κ2) is 10.2. The minimum Gasteiger partial charge on any atom is -0.378 e. The van der Waals surface area contributed by atoms with Crippen LogP contribution in [0.4, 0.5) is 0 Å². The summed E-state index contributed by atoms with van der Waals surface area (Å²) in [4.78, 5) is 0. The first-order valence-electron chi connectivity index (χ1n) is 8.40. The maximum atomic E-state index is 6.18. The van der Waals surface area contributed by atoms with E-state index in [4.69, 9.17) is 4.74 Å². The summed E-state index contributed by atoms with van der Waals surface area (Å²) in [6, 6.07) is 0. The molecule has 1 saturated carbocycles. The molecule has 0 N–H and O–H groups in total. The number of unbranched alkanes of at least 4 members (excludes halogenated alkanes) is 3. The van der Waals surface area contributed by atoms with Crippen molar-refractivity contribution in [2.75, 3.05) is 11.9 Å². The van der Waals surface area contributed by atoms with Gasteiger partial charge in [-0.2, -0.15) is 0 Å². The van der Waals surface area contributed by atoms with Crippen molar-refractivity contribution in [3.63, 3.8) is 0 Å². The minimum atomic E-state index is 0.425. The van der Waals surface area contributed by atoms with Gasteiger partial charge in [0, 0.05) is 10.7 Å². The maximum Gasteiger partial charge on any atom is 0.0547 e. The average Bonchev–Trinajstić information content (AvgIpc) is 2.67. The van der Waals surface area contributed by atoms with Gasteiger partial charge in [-0.25, -0.2) is 0 Å². The molecule has 1 unspecified atom stereocenters. The van der Waals surface area contributed by atoms with Crippen molar-refractivity contribution in [1.29, 1.82) is 0 Å². The molecule has 1 fully saturated rings. The van der Waals surface area contributed by atoms with Crippen LogP contribution in [0.25, 0.3) is 0 Å². The maximum absolute atomic E-state index is 6.18. The average molecular weight is 333 g/mol. The molecule has 2 heteroatoms. The molecule has 114 valence electrons. The summed E-state index contributed by atoms with van der Waals surface area (Å²) in [5.41, 5.74) is 0.425. The van der Waals surface area contributed by atoms with E-state index in [9.17, 15) is 0 Å². The molecule has 1 aliphatic rings.